The number of hydrogen-bond donors (Lipinski definition) is 2. The second-order valence-electron chi connectivity index (χ2n) is 3.89. The topological polar surface area (TPSA) is 64.3 Å². The number of hydrogen-bond acceptors (Lipinski definition) is 3. The third-order valence-corrected chi connectivity index (χ3v) is 2.59. The Hall–Kier alpha value is -2.56. The van der Waals surface area contributed by atoms with E-state index in [0.29, 0.717) is 17.0 Å². The monoisotopic (exact) mass is 260 g/mol. The number of halogens is 1. The van der Waals surface area contributed by atoms with Crippen LogP contribution in [0.4, 0.5) is 15.8 Å². The fourth-order valence-corrected chi connectivity index (χ4v) is 1.65. The normalized spacial score (nSPS) is 10.0. The zero-order valence-corrected chi connectivity index (χ0v) is 10.3. The van der Waals surface area contributed by atoms with E-state index in [-0.39, 0.29) is 5.69 Å². The van der Waals surface area contributed by atoms with Gasteiger partial charge in [0.05, 0.1) is 18.4 Å². The smallest absolute Gasteiger partial charge is 0.259 e. The summed E-state index contributed by atoms with van der Waals surface area (Å²) in [6.45, 7) is 0. The lowest BCUT2D eigenvalue weighted by atomic mass is 10.2. The fourth-order valence-electron chi connectivity index (χ4n) is 1.65. The van der Waals surface area contributed by atoms with E-state index in [1.165, 1.54) is 19.2 Å². The molecule has 0 aromatic heterocycles. The van der Waals surface area contributed by atoms with Crippen LogP contribution in [0.1, 0.15) is 10.4 Å². The molecule has 0 aliphatic carbocycles. The van der Waals surface area contributed by atoms with Gasteiger partial charge in [-0.05, 0) is 30.3 Å². The van der Waals surface area contributed by atoms with Crippen molar-refractivity contribution in [2.45, 2.75) is 0 Å². The van der Waals surface area contributed by atoms with Gasteiger partial charge in [-0.1, -0.05) is 12.1 Å². The maximum atomic E-state index is 13.6. The van der Waals surface area contributed by atoms with Gasteiger partial charge in [-0.3, -0.25) is 4.79 Å². The van der Waals surface area contributed by atoms with Gasteiger partial charge in [0.1, 0.15) is 11.6 Å². The highest BCUT2D eigenvalue weighted by Gasteiger charge is 2.13. The third-order valence-electron chi connectivity index (χ3n) is 2.59. The lowest BCUT2D eigenvalue weighted by Crippen LogP contribution is -2.14. The lowest BCUT2D eigenvalue weighted by molar-refractivity contribution is 0.102. The zero-order chi connectivity index (χ0) is 13.8. The molecule has 2 aromatic rings. The van der Waals surface area contributed by atoms with E-state index in [2.05, 4.69) is 5.32 Å². The molecular formula is C14H13FN2O2. The van der Waals surface area contributed by atoms with E-state index in [4.69, 9.17) is 10.5 Å². The minimum atomic E-state index is -0.580. The number of nitrogens with two attached hydrogens (primary N) is 1. The molecule has 0 radical (unpaired) electrons. The van der Waals surface area contributed by atoms with E-state index in [1.807, 2.05) is 0 Å². The number of para-hydroxylation sites is 1. The minimum Gasteiger partial charge on any atom is -0.496 e. The average molecular weight is 260 g/mol. The standard InChI is InChI=1S/C14H13FN2O2/c1-19-13-5-3-2-4-10(13)14(18)17-12-7-6-9(16)8-11(12)15/h2-8H,16H2,1H3,(H,17,18). The molecule has 0 spiro atoms. The molecule has 0 fully saturated rings. The second-order valence-corrected chi connectivity index (χ2v) is 3.89. The third kappa shape index (κ3) is 2.82. The first-order valence-corrected chi connectivity index (χ1v) is 5.61. The summed E-state index contributed by atoms with van der Waals surface area (Å²) >= 11 is 0. The first-order valence-electron chi connectivity index (χ1n) is 5.61. The van der Waals surface area contributed by atoms with Crippen LogP contribution >= 0.6 is 0 Å². The van der Waals surface area contributed by atoms with E-state index >= 15 is 0 Å². The van der Waals surface area contributed by atoms with E-state index in [9.17, 15) is 9.18 Å². The van der Waals surface area contributed by atoms with Crippen molar-refractivity contribution in [1.82, 2.24) is 0 Å². The number of nitrogens with one attached hydrogen (secondary N) is 1. The Morgan fingerprint density at radius 3 is 2.68 bits per heavy atom. The lowest BCUT2D eigenvalue weighted by Gasteiger charge is -2.10. The molecule has 19 heavy (non-hydrogen) atoms. The second kappa shape index (κ2) is 5.39. The molecule has 0 atom stereocenters. The number of anilines is 2. The molecule has 98 valence electrons. The SMILES string of the molecule is COc1ccccc1C(=O)Nc1ccc(N)cc1F. The van der Waals surface area contributed by atoms with Gasteiger partial charge < -0.3 is 15.8 Å². The van der Waals surface area contributed by atoms with Crippen LogP contribution in [0.25, 0.3) is 0 Å². The van der Waals surface area contributed by atoms with Gasteiger partial charge in [0, 0.05) is 5.69 Å². The van der Waals surface area contributed by atoms with Gasteiger partial charge in [-0.2, -0.15) is 0 Å². The van der Waals surface area contributed by atoms with E-state index in [1.54, 1.807) is 24.3 Å². The molecule has 1 amide bonds. The summed E-state index contributed by atoms with van der Waals surface area (Å²) < 4.78 is 18.7. The highest BCUT2D eigenvalue weighted by atomic mass is 19.1. The molecular weight excluding hydrogens is 247 g/mol. The molecule has 0 aliphatic heterocycles. The Labute approximate surface area is 110 Å². The largest absolute Gasteiger partial charge is 0.496 e. The summed E-state index contributed by atoms with van der Waals surface area (Å²) in [6.07, 6.45) is 0. The van der Waals surface area contributed by atoms with Crippen LogP contribution in [-0.2, 0) is 0 Å². The predicted octanol–water partition coefficient (Wildman–Crippen LogP) is 2.67. The Morgan fingerprint density at radius 2 is 2.00 bits per heavy atom. The van der Waals surface area contributed by atoms with Crippen molar-refractivity contribution >= 4 is 17.3 Å². The van der Waals surface area contributed by atoms with Crippen LogP contribution < -0.4 is 15.8 Å². The van der Waals surface area contributed by atoms with Gasteiger partial charge in [0.25, 0.3) is 5.91 Å². The number of amides is 1. The van der Waals surface area contributed by atoms with Crippen LogP contribution in [0.5, 0.6) is 5.75 Å². The Bertz CT molecular complexity index is 614. The Morgan fingerprint density at radius 1 is 1.26 bits per heavy atom. The maximum absolute atomic E-state index is 13.6. The fraction of sp³-hybridized carbons (Fsp3) is 0.0714. The molecule has 0 heterocycles. The number of carbonyl (C=O) groups is 1. The van der Waals surface area contributed by atoms with Crippen molar-refractivity contribution in [3.63, 3.8) is 0 Å². The summed E-state index contributed by atoms with van der Waals surface area (Å²) in [5.74, 6) is -0.597. The molecule has 3 N–H and O–H groups in total. The molecule has 0 aliphatic rings. The van der Waals surface area contributed by atoms with Crippen LogP contribution in [0, 0.1) is 5.82 Å². The van der Waals surface area contributed by atoms with E-state index < -0.39 is 11.7 Å². The van der Waals surface area contributed by atoms with Crippen molar-refractivity contribution in [1.29, 1.82) is 0 Å². The molecule has 0 unspecified atom stereocenters. The minimum absolute atomic E-state index is 0.0742. The van der Waals surface area contributed by atoms with Crippen molar-refractivity contribution < 1.29 is 13.9 Å². The number of methoxy groups -OCH3 is 1. The molecule has 2 rings (SSSR count). The molecule has 0 saturated heterocycles. The number of nitrogen functional groups attached to an aromatic ring is 1. The van der Waals surface area contributed by atoms with Crippen molar-refractivity contribution in [2.75, 3.05) is 18.2 Å². The summed E-state index contributed by atoms with van der Waals surface area (Å²) in [7, 11) is 1.47. The number of ether oxygens (including phenoxy) is 1. The van der Waals surface area contributed by atoms with Gasteiger partial charge in [-0.25, -0.2) is 4.39 Å². The van der Waals surface area contributed by atoms with Crippen LogP contribution in [0.3, 0.4) is 0 Å². The van der Waals surface area contributed by atoms with Crippen molar-refractivity contribution in [3.05, 3.63) is 53.8 Å². The first-order chi connectivity index (χ1) is 9.11. The molecule has 2 aromatic carbocycles. The number of rotatable bonds is 3. The van der Waals surface area contributed by atoms with E-state index in [0.717, 1.165) is 6.07 Å². The highest BCUT2D eigenvalue weighted by molar-refractivity contribution is 6.06. The zero-order valence-electron chi connectivity index (χ0n) is 10.3. The van der Waals surface area contributed by atoms with Gasteiger partial charge >= 0.3 is 0 Å². The Kier molecular flexibility index (Phi) is 3.66. The number of carbonyl (C=O) groups excluding carboxylic acids is 1. The van der Waals surface area contributed by atoms with Gasteiger partial charge in [-0.15, -0.1) is 0 Å². The van der Waals surface area contributed by atoms with Crippen molar-refractivity contribution in [2.24, 2.45) is 0 Å². The highest BCUT2D eigenvalue weighted by Crippen LogP contribution is 2.21. The van der Waals surface area contributed by atoms with Crippen LogP contribution in [-0.4, -0.2) is 13.0 Å². The summed E-state index contributed by atoms with van der Waals surface area (Å²) in [5, 5.41) is 2.48. The average Bonchev–Trinajstić information content (AvgIpc) is 2.41. The summed E-state index contributed by atoms with van der Waals surface area (Å²) in [6, 6.07) is 10.8. The van der Waals surface area contributed by atoms with Crippen LogP contribution in [0.15, 0.2) is 42.5 Å². The molecule has 5 heteroatoms. The van der Waals surface area contributed by atoms with Gasteiger partial charge in [0.15, 0.2) is 0 Å². The Balaban J connectivity index is 2.26. The van der Waals surface area contributed by atoms with Gasteiger partial charge in [0.2, 0.25) is 0 Å². The number of benzene rings is 2. The maximum Gasteiger partial charge on any atom is 0.259 e. The first kappa shape index (κ1) is 12.9. The summed E-state index contributed by atoms with van der Waals surface area (Å²) in [5.41, 5.74) is 6.15. The van der Waals surface area contributed by atoms with Crippen LogP contribution in [0.2, 0.25) is 0 Å². The molecule has 4 nitrogen and oxygen atoms in total. The predicted molar refractivity (Wildman–Crippen MR) is 71.8 cm³/mol. The summed E-state index contributed by atoms with van der Waals surface area (Å²) in [4.78, 5) is 12.0. The quantitative estimate of drug-likeness (QED) is 0.834. The van der Waals surface area contributed by atoms with Crippen molar-refractivity contribution in [3.8, 4) is 5.75 Å². The molecule has 0 bridgehead atoms. The molecule has 0 saturated carbocycles.